The summed E-state index contributed by atoms with van der Waals surface area (Å²) in [6.45, 7) is 2.45. The van der Waals surface area contributed by atoms with Crippen molar-refractivity contribution in [3.05, 3.63) is 29.1 Å². The molecule has 1 N–H and O–H groups in total. The lowest BCUT2D eigenvalue weighted by molar-refractivity contribution is 0.0614. The van der Waals surface area contributed by atoms with E-state index in [1.807, 2.05) is 11.1 Å². The molecule has 0 saturated carbocycles. The minimum atomic E-state index is 0.0488. The van der Waals surface area contributed by atoms with Crippen LogP contribution in [0, 0.1) is 0 Å². The molecule has 7 nitrogen and oxygen atoms in total. The third kappa shape index (κ3) is 2.32. The molecule has 2 aromatic rings. The van der Waals surface area contributed by atoms with Gasteiger partial charge in [0.25, 0.3) is 5.91 Å². The van der Waals surface area contributed by atoms with Gasteiger partial charge in [-0.15, -0.1) is 10.2 Å². The molecule has 5 rings (SSSR count). The molecule has 1 atom stereocenters. The Morgan fingerprint density at radius 2 is 2.04 bits per heavy atom. The number of carbonyl (C=O) groups excluding carboxylic acids is 1. The summed E-state index contributed by atoms with van der Waals surface area (Å²) in [5, 5.41) is 16.0. The van der Waals surface area contributed by atoms with Gasteiger partial charge in [0.1, 0.15) is 5.82 Å². The van der Waals surface area contributed by atoms with Gasteiger partial charge in [-0.25, -0.2) is 0 Å². The molecule has 1 spiro atoms. The lowest BCUT2D eigenvalue weighted by Gasteiger charge is -2.40. The van der Waals surface area contributed by atoms with Gasteiger partial charge in [0, 0.05) is 37.2 Å². The van der Waals surface area contributed by atoms with Crippen LogP contribution in [0.1, 0.15) is 66.2 Å². The van der Waals surface area contributed by atoms with Crippen molar-refractivity contribution in [1.82, 2.24) is 29.9 Å². The Bertz CT molecular complexity index is 808. The van der Waals surface area contributed by atoms with E-state index in [0.29, 0.717) is 5.82 Å². The largest absolute Gasteiger partial charge is 0.335 e. The molecule has 3 aliphatic rings. The predicted octanol–water partition coefficient (Wildman–Crippen LogP) is 1.85. The summed E-state index contributed by atoms with van der Waals surface area (Å²) in [7, 11) is 0. The van der Waals surface area contributed by atoms with Gasteiger partial charge in [-0.05, 0) is 44.1 Å². The van der Waals surface area contributed by atoms with E-state index in [1.54, 1.807) is 0 Å². The van der Waals surface area contributed by atoms with Gasteiger partial charge >= 0.3 is 0 Å². The maximum absolute atomic E-state index is 13.2. The van der Waals surface area contributed by atoms with Gasteiger partial charge in [0.15, 0.2) is 0 Å². The highest BCUT2D eigenvalue weighted by Gasteiger charge is 2.45. The summed E-state index contributed by atoms with van der Waals surface area (Å²) in [4.78, 5) is 15.2. The Kier molecular flexibility index (Phi) is 3.43. The molecule has 1 fully saturated rings. The number of amides is 1. The fourth-order valence-corrected chi connectivity index (χ4v) is 4.96. The molecule has 0 radical (unpaired) electrons. The molecule has 0 aromatic carbocycles. The van der Waals surface area contributed by atoms with E-state index in [2.05, 4.69) is 25.0 Å². The predicted molar refractivity (Wildman–Crippen MR) is 91.3 cm³/mol. The average Bonchev–Trinajstić information content (AvgIpc) is 3.29. The van der Waals surface area contributed by atoms with Crippen molar-refractivity contribution in [1.29, 1.82) is 0 Å². The molecule has 0 bridgehead atoms. The molecule has 1 aliphatic carbocycles. The number of piperidine rings is 1. The molecule has 4 heterocycles. The number of H-pyrrole nitrogens is 1. The fourth-order valence-electron chi connectivity index (χ4n) is 4.96. The number of aromatic amines is 1. The molecular formula is C18H24N6O. The molecule has 1 saturated heterocycles. The number of nitrogens with zero attached hydrogens (tertiary/aromatic N) is 5. The Hall–Kier alpha value is -2.18. The molecule has 25 heavy (non-hydrogen) atoms. The Balaban J connectivity index is 1.43. The first-order valence-electron chi connectivity index (χ1n) is 9.51. The van der Waals surface area contributed by atoms with Crippen molar-refractivity contribution in [2.75, 3.05) is 13.1 Å². The van der Waals surface area contributed by atoms with E-state index in [9.17, 15) is 4.79 Å². The lowest BCUT2D eigenvalue weighted by atomic mass is 9.77. The van der Waals surface area contributed by atoms with Crippen molar-refractivity contribution >= 4 is 5.91 Å². The zero-order chi connectivity index (χ0) is 16.9. The highest BCUT2D eigenvalue weighted by Crippen LogP contribution is 2.44. The third-order valence-electron chi connectivity index (χ3n) is 6.29. The molecule has 1 unspecified atom stereocenters. The second-order valence-corrected chi connectivity index (χ2v) is 7.78. The zero-order valence-corrected chi connectivity index (χ0v) is 14.5. The summed E-state index contributed by atoms with van der Waals surface area (Å²) < 4.78 is 2.06. The van der Waals surface area contributed by atoms with Gasteiger partial charge < -0.3 is 9.47 Å². The van der Waals surface area contributed by atoms with Gasteiger partial charge in [-0.3, -0.25) is 9.89 Å². The van der Waals surface area contributed by atoms with Gasteiger partial charge in [-0.2, -0.15) is 5.10 Å². The number of nitrogens with one attached hydrogen (secondary N) is 1. The molecule has 7 heteroatoms. The number of hydrogen-bond acceptors (Lipinski definition) is 4. The molecular weight excluding hydrogens is 316 g/mol. The Morgan fingerprint density at radius 1 is 1.08 bits per heavy atom. The lowest BCUT2D eigenvalue weighted by Crippen LogP contribution is -2.48. The van der Waals surface area contributed by atoms with Crippen LogP contribution in [0.5, 0.6) is 0 Å². The maximum Gasteiger partial charge on any atom is 0.291 e. The van der Waals surface area contributed by atoms with E-state index in [4.69, 9.17) is 0 Å². The highest BCUT2D eigenvalue weighted by molar-refractivity contribution is 5.91. The van der Waals surface area contributed by atoms with Crippen LogP contribution in [-0.2, 0) is 24.8 Å². The van der Waals surface area contributed by atoms with Crippen LogP contribution in [0.3, 0.4) is 0 Å². The van der Waals surface area contributed by atoms with Crippen molar-refractivity contribution in [3.63, 3.8) is 0 Å². The average molecular weight is 340 g/mol. The first-order valence-corrected chi connectivity index (χ1v) is 9.51. The number of aryl methyl sites for hydroxylation is 2. The van der Waals surface area contributed by atoms with Crippen LogP contribution < -0.4 is 0 Å². The standard InChI is InChI=1S/C18H24N6O/c25-17(16-22-20-14-5-2-1-3-10-24(14)16)23-9-4-7-18(12-23)8-6-13-11-19-21-15(13)18/h11H,1-10,12H2,(H,19,21). The third-order valence-corrected chi connectivity index (χ3v) is 6.29. The van der Waals surface area contributed by atoms with Gasteiger partial charge in [-0.1, -0.05) is 6.42 Å². The summed E-state index contributed by atoms with van der Waals surface area (Å²) in [6.07, 6.45) is 10.7. The Labute approximate surface area is 146 Å². The summed E-state index contributed by atoms with van der Waals surface area (Å²) >= 11 is 0. The van der Waals surface area contributed by atoms with Crippen LogP contribution in [-0.4, -0.2) is 48.9 Å². The van der Waals surface area contributed by atoms with Crippen molar-refractivity contribution in [2.24, 2.45) is 0 Å². The monoisotopic (exact) mass is 340 g/mol. The number of carbonyl (C=O) groups is 1. The highest BCUT2D eigenvalue weighted by atomic mass is 16.2. The zero-order valence-electron chi connectivity index (χ0n) is 14.5. The fraction of sp³-hybridized carbons (Fsp3) is 0.667. The minimum absolute atomic E-state index is 0.0488. The van der Waals surface area contributed by atoms with E-state index in [0.717, 1.165) is 70.4 Å². The van der Waals surface area contributed by atoms with Gasteiger partial charge in [0.2, 0.25) is 5.82 Å². The smallest absolute Gasteiger partial charge is 0.291 e. The summed E-state index contributed by atoms with van der Waals surface area (Å²) in [5.74, 6) is 1.56. The van der Waals surface area contributed by atoms with Gasteiger partial charge in [0.05, 0.1) is 6.20 Å². The first kappa shape index (κ1) is 15.1. The van der Waals surface area contributed by atoms with E-state index < -0.39 is 0 Å². The number of rotatable bonds is 1. The Morgan fingerprint density at radius 3 is 3.00 bits per heavy atom. The SMILES string of the molecule is O=C(c1nnc2n1CCCCC2)N1CCCC2(CCc3cn[nH]c32)C1. The number of hydrogen-bond donors (Lipinski definition) is 1. The number of fused-ring (bicyclic) bond motifs is 3. The van der Waals surface area contributed by atoms with E-state index in [-0.39, 0.29) is 11.3 Å². The van der Waals surface area contributed by atoms with Crippen LogP contribution in [0.4, 0.5) is 0 Å². The van der Waals surface area contributed by atoms with Crippen molar-refractivity contribution in [3.8, 4) is 0 Å². The molecule has 2 aromatic heterocycles. The van der Waals surface area contributed by atoms with Crippen LogP contribution in [0.25, 0.3) is 0 Å². The minimum Gasteiger partial charge on any atom is -0.335 e. The number of aromatic nitrogens is 5. The van der Waals surface area contributed by atoms with Crippen LogP contribution in [0.2, 0.25) is 0 Å². The quantitative estimate of drug-likeness (QED) is 0.859. The molecule has 2 aliphatic heterocycles. The second-order valence-electron chi connectivity index (χ2n) is 7.78. The van der Waals surface area contributed by atoms with Crippen molar-refractivity contribution < 1.29 is 4.79 Å². The molecule has 1 amide bonds. The first-order chi connectivity index (χ1) is 12.3. The number of likely N-dealkylation sites (tertiary alicyclic amines) is 1. The second kappa shape index (κ2) is 5.68. The molecule has 132 valence electrons. The summed E-state index contributed by atoms with van der Waals surface area (Å²) in [6, 6.07) is 0. The van der Waals surface area contributed by atoms with Crippen LogP contribution in [0.15, 0.2) is 6.20 Å². The van der Waals surface area contributed by atoms with Crippen LogP contribution >= 0.6 is 0 Å². The van der Waals surface area contributed by atoms with E-state index in [1.165, 1.54) is 17.7 Å². The van der Waals surface area contributed by atoms with E-state index >= 15 is 0 Å². The normalized spacial score (nSPS) is 25.7. The summed E-state index contributed by atoms with van der Waals surface area (Å²) in [5.41, 5.74) is 2.64. The topological polar surface area (TPSA) is 79.7 Å². The van der Waals surface area contributed by atoms with Crippen molar-refractivity contribution in [2.45, 2.75) is 63.3 Å². The maximum atomic E-state index is 13.2.